The van der Waals surface area contributed by atoms with Crippen LogP contribution in [-0.4, -0.2) is 9.55 Å². The first-order valence-corrected chi connectivity index (χ1v) is 18.2. The average molecular weight is 680 g/mol. The number of nitriles is 1. The zero-order valence-electron chi connectivity index (χ0n) is 28.0. The van der Waals surface area contributed by atoms with E-state index in [1.54, 1.807) is 11.3 Å². The van der Waals surface area contributed by atoms with Gasteiger partial charge in [0.1, 0.15) is 6.07 Å². The van der Waals surface area contributed by atoms with Crippen LogP contribution in [0.5, 0.6) is 0 Å². The van der Waals surface area contributed by atoms with Crippen molar-refractivity contribution < 1.29 is 0 Å². The van der Waals surface area contributed by atoms with Gasteiger partial charge >= 0.3 is 0 Å². The third kappa shape index (κ3) is 4.91. The minimum atomic E-state index is 0.656. The van der Waals surface area contributed by atoms with E-state index in [-0.39, 0.29) is 0 Å². The second kappa shape index (κ2) is 12.2. The molecule has 10 aromatic rings. The molecule has 0 radical (unpaired) electrons. The topological polar surface area (TPSA) is 41.6 Å². The maximum absolute atomic E-state index is 10.8. The Hall–Kier alpha value is -6.80. The van der Waals surface area contributed by atoms with Crippen LogP contribution in [0.25, 0.3) is 92.4 Å². The number of para-hydroxylation sites is 2. The quantitative estimate of drug-likeness (QED) is 0.182. The molecule has 0 aliphatic heterocycles. The van der Waals surface area contributed by atoms with Gasteiger partial charge in [-0.15, -0.1) is 11.3 Å². The summed E-state index contributed by atoms with van der Waals surface area (Å²) in [5.41, 5.74) is 12.0. The predicted molar refractivity (Wildman–Crippen MR) is 218 cm³/mol. The van der Waals surface area contributed by atoms with Gasteiger partial charge in [-0.2, -0.15) is 5.26 Å². The van der Waals surface area contributed by atoms with Crippen LogP contribution in [0.1, 0.15) is 5.56 Å². The van der Waals surface area contributed by atoms with Crippen LogP contribution in [-0.2, 0) is 0 Å². The van der Waals surface area contributed by atoms with Crippen LogP contribution in [0.3, 0.4) is 0 Å². The fraction of sp³-hybridized carbons (Fsp3) is 0. The number of rotatable bonds is 5. The van der Waals surface area contributed by atoms with Crippen molar-refractivity contribution in [2.75, 3.05) is 0 Å². The summed E-state index contributed by atoms with van der Waals surface area (Å²) in [6.45, 7) is 0. The van der Waals surface area contributed by atoms with Gasteiger partial charge in [-0.1, -0.05) is 121 Å². The number of pyridine rings is 1. The lowest BCUT2D eigenvalue weighted by molar-refractivity contribution is 1.17. The third-order valence-electron chi connectivity index (χ3n) is 10.1. The minimum absolute atomic E-state index is 0.656. The third-order valence-corrected chi connectivity index (χ3v) is 11.2. The van der Waals surface area contributed by atoms with Crippen molar-refractivity contribution in [2.45, 2.75) is 0 Å². The number of hydrogen-bond donors (Lipinski definition) is 0. The summed E-state index contributed by atoms with van der Waals surface area (Å²) in [5, 5.41) is 15.5. The first-order chi connectivity index (χ1) is 25.7. The number of aromatic nitrogens is 2. The summed E-state index contributed by atoms with van der Waals surface area (Å²) >= 11 is 1.79. The highest BCUT2D eigenvalue weighted by atomic mass is 32.1. The molecule has 0 bridgehead atoms. The second-order valence-corrected chi connectivity index (χ2v) is 14.1. The summed E-state index contributed by atoms with van der Waals surface area (Å²) < 4.78 is 4.67. The summed E-state index contributed by atoms with van der Waals surface area (Å²) in [6.07, 6.45) is 0. The normalized spacial score (nSPS) is 11.4. The van der Waals surface area contributed by atoms with Crippen LogP contribution in [0.2, 0.25) is 0 Å². The minimum Gasteiger partial charge on any atom is -0.308 e. The van der Waals surface area contributed by atoms with Crippen LogP contribution in [0.4, 0.5) is 0 Å². The van der Waals surface area contributed by atoms with E-state index < -0.39 is 0 Å². The molecule has 0 saturated carbocycles. The van der Waals surface area contributed by atoms with Gasteiger partial charge in [-0.25, -0.2) is 4.98 Å². The van der Waals surface area contributed by atoms with Crippen LogP contribution >= 0.6 is 11.3 Å². The molecule has 0 fully saturated rings. The van der Waals surface area contributed by atoms with E-state index in [1.807, 2.05) is 12.1 Å². The first-order valence-electron chi connectivity index (χ1n) is 17.4. The molecule has 242 valence electrons. The Kier molecular flexibility index (Phi) is 7.06. The highest BCUT2D eigenvalue weighted by Crippen LogP contribution is 2.41. The number of benzene rings is 7. The van der Waals surface area contributed by atoms with Crippen molar-refractivity contribution in [1.82, 2.24) is 9.55 Å². The largest absolute Gasteiger partial charge is 0.308 e. The van der Waals surface area contributed by atoms with Crippen molar-refractivity contribution in [2.24, 2.45) is 0 Å². The lowest BCUT2D eigenvalue weighted by Gasteiger charge is -2.13. The van der Waals surface area contributed by atoms with Crippen LogP contribution < -0.4 is 0 Å². The molecule has 3 aromatic heterocycles. The van der Waals surface area contributed by atoms with Crippen molar-refractivity contribution in [1.29, 1.82) is 5.26 Å². The monoisotopic (exact) mass is 679 g/mol. The van der Waals surface area contributed by atoms with E-state index in [0.29, 0.717) is 5.56 Å². The van der Waals surface area contributed by atoms with Crippen molar-refractivity contribution >= 4 is 53.3 Å². The lowest BCUT2D eigenvalue weighted by Crippen LogP contribution is -1.99. The summed E-state index contributed by atoms with van der Waals surface area (Å²) in [4.78, 5) is 5.20. The molecule has 7 aromatic carbocycles. The number of fused-ring (bicyclic) bond motifs is 6. The van der Waals surface area contributed by atoms with Crippen LogP contribution in [0.15, 0.2) is 176 Å². The zero-order chi connectivity index (χ0) is 34.6. The zero-order valence-corrected chi connectivity index (χ0v) is 28.8. The first kappa shape index (κ1) is 30.1. The molecule has 0 saturated heterocycles. The Morgan fingerprint density at radius 2 is 1.00 bits per heavy atom. The highest BCUT2D eigenvalue weighted by molar-refractivity contribution is 7.25. The van der Waals surface area contributed by atoms with Gasteiger partial charge in [0.2, 0.25) is 0 Å². The number of thiophene rings is 1. The van der Waals surface area contributed by atoms with E-state index in [0.717, 1.165) is 61.5 Å². The molecule has 3 nitrogen and oxygen atoms in total. The number of nitrogens with zero attached hydrogens (tertiary/aromatic N) is 3. The SMILES string of the molecule is N#Cc1c(-c2ccc3sc4ccc(-c5cc(-c6ccccc6)cc(-c6ccccc6)n5)cc4c3c2)cccc1-n1c2ccccc2c2ccccc21. The van der Waals surface area contributed by atoms with Crippen molar-refractivity contribution in [3.63, 3.8) is 0 Å². The van der Waals surface area contributed by atoms with Gasteiger partial charge in [0.05, 0.1) is 33.7 Å². The highest BCUT2D eigenvalue weighted by Gasteiger charge is 2.18. The van der Waals surface area contributed by atoms with Gasteiger partial charge in [-0.3, -0.25) is 0 Å². The van der Waals surface area contributed by atoms with Crippen molar-refractivity contribution in [3.05, 3.63) is 181 Å². The van der Waals surface area contributed by atoms with Gasteiger partial charge in [0, 0.05) is 47.6 Å². The predicted octanol–water partition coefficient (Wildman–Crippen LogP) is 13.1. The van der Waals surface area contributed by atoms with Crippen LogP contribution in [0, 0.1) is 11.3 Å². The Morgan fingerprint density at radius 1 is 0.442 bits per heavy atom. The molecule has 10 rings (SSSR count). The fourth-order valence-electron chi connectivity index (χ4n) is 7.60. The number of hydrogen-bond acceptors (Lipinski definition) is 3. The standard InChI is InChI=1S/C48H29N3S/c49-30-41-36(18-11-21-46(41)51-44-19-9-7-16-37(44)38-17-8-10-20-45(38)51)33-22-24-47-39(26-33)40-27-34(23-25-48(40)52-47)43-29-35(31-12-3-1-4-13-31)28-42(50-43)32-14-5-2-6-15-32/h1-29H. The summed E-state index contributed by atoms with van der Waals surface area (Å²) in [7, 11) is 0. The Bertz CT molecular complexity index is 2910. The molecule has 52 heavy (non-hydrogen) atoms. The van der Waals surface area contributed by atoms with Gasteiger partial charge in [0.15, 0.2) is 0 Å². The van der Waals surface area contributed by atoms with Gasteiger partial charge in [-0.05, 0) is 71.3 Å². The Balaban J connectivity index is 1.13. The Morgan fingerprint density at radius 3 is 1.65 bits per heavy atom. The van der Waals surface area contributed by atoms with E-state index >= 15 is 0 Å². The second-order valence-electron chi connectivity index (χ2n) is 13.1. The molecule has 0 spiro atoms. The lowest BCUT2D eigenvalue weighted by atomic mass is 9.96. The van der Waals surface area contributed by atoms with Crippen molar-refractivity contribution in [3.8, 4) is 56.5 Å². The van der Waals surface area contributed by atoms with Gasteiger partial charge < -0.3 is 4.57 Å². The van der Waals surface area contributed by atoms with E-state index in [1.165, 1.54) is 30.9 Å². The average Bonchev–Trinajstić information content (AvgIpc) is 3.76. The fourth-order valence-corrected chi connectivity index (χ4v) is 8.67. The molecule has 0 atom stereocenters. The maximum atomic E-state index is 10.8. The summed E-state index contributed by atoms with van der Waals surface area (Å²) in [5.74, 6) is 0. The Labute approximate surface area is 304 Å². The van der Waals surface area contributed by atoms with E-state index in [9.17, 15) is 5.26 Å². The molecule has 0 aliphatic carbocycles. The smallest absolute Gasteiger partial charge is 0.102 e. The molecule has 3 heterocycles. The molecule has 0 amide bonds. The molecule has 4 heteroatoms. The van der Waals surface area contributed by atoms with E-state index in [2.05, 4.69) is 174 Å². The molecule has 0 unspecified atom stereocenters. The summed E-state index contributed by atoms with van der Waals surface area (Å²) in [6, 6.07) is 64.2. The van der Waals surface area contributed by atoms with E-state index in [4.69, 9.17) is 4.98 Å². The molecule has 0 N–H and O–H groups in total. The molecular formula is C48H29N3S. The molecule has 0 aliphatic rings. The molecular weight excluding hydrogens is 651 g/mol. The maximum Gasteiger partial charge on any atom is 0.102 e. The van der Waals surface area contributed by atoms with Gasteiger partial charge in [0.25, 0.3) is 0 Å².